The molecule has 1 saturated heterocycles. The van der Waals surface area contributed by atoms with E-state index in [1.165, 1.54) is 5.56 Å². The van der Waals surface area contributed by atoms with Crippen LogP contribution in [-0.4, -0.2) is 48.4 Å². The van der Waals surface area contributed by atoms with Crippen LogP contribution >= 0.6 is 0 Å². The molecule has 0 bridgehead atoms. The van der Waals surface area contributed by atoms with Crippen molar-refractivity contribution < 1.29 is 9.84 Å². The van der Waals surface area contributed by atoms with Crippen LogP contribution in [-0.2, 0) is 17.9 Å². The third-order valence-electron chi connectivity index (χ3n) is 3.78. The van der Waals surface area contributed by atoms with Crippen LogP contribution in [0.5, 0.6) is 0 Å². The number of morpholine rings is 1. The highest BCUT2D eigenvalue weighted by molar-refractivity contribution is 5.22. The molecule has 2 N–H and O–H groups in total. The molecule has 1 aliphatic heterocycles. The normalized spacial score (nSPS) is 20.5. The first-order valence-corrected chi connectivity index (χ1v) is 7.44. The van der Waals surface area contributed by atoms with Crippen LogP contribution in [0.15, 0.2) is 24.3 Å². The average molecular weight is 278 g/mol. The van der Waals surface area contributed by atoms with Crippen LogP contribution in [0.25, 0.3) is 0 Å². The van der Waals surface area contributed by atoms with Gasteiger partial charge in [-0.1, -0.05) is 24.3 Å². The summed E-state index contributed by atoms with van der Waals surface area (Å²) in [4.78, 5) is 2.46. The number of nitrogens with zero attached hydrogens (tertiary/aromatic N) is 1. The van der Waals surface area contributed by atoms with Crippen molar-refractivity contribution in [2.75, 3.05) is 26.2 Å². The van der Waals surface area contributed by atoms with Crippen LogP contribution < -0.4 is 5.32 Å². The summed E-state index contributed by atoms with van der Waals surface area (Å²) in [7, 11) is 0. The zero-order valence-corrected chi connectivity index (χ0v) is 12.5. The Morgan fingerprint density at radius 2 is 2.20 bits per heavy atom. The van der Waals surface area contributed by atoms with Crippen molar-refractivity contribution in [1.82, 2.24) is 10.2 Å². The van der Waals surface area contributed by atoms with Crippen molar-refractivity contribution in [2.45, 2.75) is 39.1 Å². The number of hydrogen-bond acceptors (Lipinski definition) is 4. The summed E-state index contributed by atoms with van der Waals surface area (Å²) in [6.07, 6.45) is 0.271. The lowest BCUT2D eigenvalue weighted by atomic mass is 10.1. The summed E-state index contributed by atoms with van der Waals surface area (Å²) in [5.41, 5.74) is 2.16. The third-order valence-corrected chi connectivity index (χ3v) is 3.78. The maximum atomic E-state index is 9.13. The highest BCUT2D eigenvalue weighted by Gasteiger charge is 2.21. The molecule has 112 valence electrons. The molecule has 1 fully saturated rings. The fourth-order valence-corrected chi connectivity index (χ4v) is 2.55. The van der Waals surface area contributed by atoms with E-state index < -0.39 is 0 Å². The van der Waals surface area contributed by atoms with Crippen molar-refractivity contribution in [2.24, 2.45) is 0 Å². The Bertz CT molecular complexity index is 409. The first-order valence-electron chi connectivity index (χ1n) is 7.44. The maximum absolute atomic E-state index is 9.13. The third kappa shape index (κ3) is 4.56. The molecule has 0 aliphatic carbocycles. The maximum Gasteiger partial charge on any atom is 0.0826 e. The fraction of sp³-hybridized carbons (Fsp3) is 0.625. The van der Waals surface area contributed by atoms with Gasteiger partial charge in [0, 0.05) is 32.2 Å². The highest BCUT2D eigenvalue weighted by atomic mass is 16.5. The first-order chi connectivity index (χ1) is 9.69. The standard InChI is InChI=1S/C16H26N2O2/c1-13(2)18-6-7-20-16(11-18)10-17-9-14-4-3-5-15(8-14)12-19/h3-5,8,13,16-17,19H,6-7,9-12H2,1-2H3. The van der Waals surface area contributed by atoms with E-state index in [9.17, 15) is 0 Å². The molecule has 1 unspecified atom stereocenters. The minimum atomic E-state index is 0.100. The summed E-state index contributed by atoms with van der Waals surface area (Å²) in [6.45, 7) is 9.11. The van der Waals surface area contributed by atoms with Gasteiger partial charge in [0.15, 0.2) is 0 Å². The molecular formula is C16H26N2O2. The Balaban J connectivity index is 1.75. The number of aliphatic hydroxyl groups is 1. The molecule has 20 heavy (non-hydrogen) atoms. The van der Waals surface area contributed by atoms with Gasteiger partial charge in [-0.25, -0.2) is 0 Å². The van der Waals surface area contributed by atoms with E-state index in [2.05, 4.69) is 30.1 Å². The van der Waals surface area contributed by atoms with E-state index in [0.29, 0.717) is 6.04 Å². The molecule has 4 nitrogen and oxygen atoms in total. The molecule has 0 saturated carbocycles. The van der Waals surface area contributed by atoms with Crippen molar-refractivity contribution in [1.29, 1.82) is 0 Å². The van der Waals surface area contributed by atoms with E-state index in [0.717, 1.165) is 38.3 Å². The van der Waals surface area contributed by atoms with Crippen LogP contribution in [0.4, 0.5) is 0 Å². The van der Waals surface area contributed by atoms with E-state index in [4.69, 9.17) is 9.84 Å². The molecule has 1 aromatic rings. The molecular weight excluding hydrogens is 252 g/mol. The van der Waals surface area contributed by atoms with Crippen molar-refractivity contribution in [3.8, 4) is 0 Å². The molecule has 1 heterocycles. The largest absolute Gasteiger partial charge is 0.392 e. The number of benzene rings is 1. The Hall–Kier alpha value is -0.940. The predicted octanol–water partition coefficient (Wildman–Crippen LogP) is 1.38. The smallest absolute Gasteiger partial charge is 0.0826 e. The Morgan fingerprint density at radius 1 is 1.40 bits per heavy atom. The number of aliphatic hydroxyl groups excluding tert-OH is 1. The monoisotopic (exact) mass is 278 g/mol. The minimum Gasteiger partial charge on any atom is -0.392 e. The second-order valence-electron chi connectivity index (χ2n) is 5.69. The molecule has 0 amide bonds. The lowest BCUT2D eigenvalue weighted by Crippen LogP contribution is -2.48. The SMILES string of the molecule is CC(C)N1CCOC(CNCc2cccc(CO)c2)C1. The zero-order valence-electron chi connectivity index (χ0n) is 12.5. The van der Waals surface area contributed by atoms with Crippen LogP contribution in [0.1, 0.15) is 25.0 Å². The van der Waals surface area contributed by atoms with E-state index in [-0.39, 0.29) is 12.7 Å². The molecule has 1 aromatic carbocycles. The van der Waals surface area contributed by atoms with E-state index in [1.807, 2.05) is 18.2 Å². The number of nitrogens with one attached hydrogen (secondary N) is 1. The summed E-state index contributed by atoms with van der Waals surface area (Å²) in [6, 6.07) is 8.63. The Labute approximate surface area is 121 Å². The molecule has 0 radical (unpaired) electrons. The lowest BCUT2D eigenvalue weighted by Gasteiger charge is -2.35. The van der Waals surface area contributed by atoms with Gasteiger partial charge < -0.3 is 15.2 Å². The van der Waals surface area contributed by atoms with Gasteiger partial charge in [0.25, 0.3) is 0 Å². The van der Waals surface area contributed by atoms with Crippen molar-refractivity contribution in [3.63, 3.8) is 0 Å². The Morgan fingerprint density at radius 3 is 2.95 bits per heavy atom. The van der Waals surface area contributed by atoms with Gasteiger partial charge in [0.2, 0.25) is 0 Å². The number of hydrogen-bond donors (Lipinski definition) is 2. The Kier molecular flexibility index (Phi) is 5.98. The molecule has 1 aliphatic rings. The van der Waals surface area contributed by atoms with Gasteiger partial charge in [-0.15, -0.1) is 0 Å². The van der Waals surface area contributed by atoms with Gasteiger partial charge in [-0.2, -0.15) is 0 Å². The average Bonchev–Trinajstić information content (AvgIpc) is 2.48. The second kappa shape index (κ2) is 7.74. The van der Waals surface area contributed by atoms with Gasteiger partial charge in [0.1, 0.15) is 0 Å². The summed E-state index contributed by atoms with van der Waals surface area (Å²) < 4.78 is 5.80. The summed E-state index contributed by atoms with van der Waals surface area (Å²) >= 11 is 0. The zero-order chi connectivity index (χ0) is 14.4. The van der Waals surface area contributed by atoms with Crippen molar-refractivity contribution in [3.05, 3.63) is 35.4 Å². The van der Waals surface area contributed by atoms with Crippen LogP contribution in [0.2, 0.25) is 0 Å². The van der Waals surface area contributed by atoms with Gasteiger partial charge in [0.05, 0.1) is 19.3 Å². The van der Waals surface area contributed by atoms with Gasteiger partial charge >= 0.3 is 0 Å². The van der Waals surface area contributed by atoms with E-state index in [1.54, 1.807) is 0 Å². The van der Waals surface area contributed by atoms with Gasteiger partial charge in [-0.05, 0) is 25.0 Å². The number of ether oxygens (including phenoxy) is 1. The summed E-state index contributed by atoms with van der Waals surface area (Å²) in [5.74, 6) is 0. The molecule has 1 atom stereocenters. The topological polar surface area (TPSA) is 44.7 Å². The van der Waals surface area contributed by atoms with Crippen LogP contribution in [0.3, 0.4) is 0 Å². The molecule has 0 spiro atoms. The van der Waals surface area contributed by atoms with Crippen LogP contribution in [0, 0.1) is 0 Å². The molecule has 0 aromatic heterocycles. The second-order valence-corrected chi connectivity index (χ2v) is 5.69. The predicted molar refractivity (Wildman–Crippen MR) is 80.5 cm³/mol. The molecule has 2 rings (SSSR count). The quantitative estimate of drug-likeness (QED) is 0.825. The van der Waals surface area contributed by atoms with Crippen molar-refractivity contribution >= 4 is 0 Å². The highest BCUT2D eigenvalue weighted by Crippen LogP contribution is 2.09. The van der Waals surface area contributed by atoms with E-state index >= 15 is 0 Å². The lowest BCUT2D eigenvalue weighted by molar-refractivity contribution is -0.0372. The molecule has 4 heteroatoms. The first kappa shape index (κ1) is 15.4. The fourth-order valence-electron chi connectivity index (χ4n) is 2.55. The minimum absolute atomic E-state index is 0.100. The number of rotatable bonds is 6. The van der Waals surface area contributed by atoms with Gasteiger partial charge in [-0.3, -0.25) is 4.90 Å². The summed E-state index contributed by atoms with van der Waals surface area (Å²) in [5, 5.41) is 12.6.